The minimum atomic E-state index is -0.718. The summed E-state index contributed by atoms with van der Waals surface area (Å²) in [4.78, 5) is 30.4. The lowest BCUT2D eigenvalue weighted by Gasteiger charge is -2.31. The summed E-state index contributed by atoms with van der Waals surface area (Å²) in [5, 5.41) is 11.4. The van der Waals surface area contributed by atoms with Gasteiger partial charge in [-0.25, -0.2) is 0 Å². The number of likely N-dealkylation sites (tertiary alicyclic amines) is 1. The van der Waals surface area contributed by atoms with E-state index < -0.39 is 17.7 Å². The number of Topliss-reactive ketones (excluding diaryl/α,β-unsaturated/α-hetero) is 1. The first-order chi connectivity index (χ1) is 19.4. The summed E-state index contributed by atoms with van der Waals surface area (Å²) in [5.74, 6) is -0.224. The molecule has 3 aromatic carbocycles. The molecule has 5 rings (SSSR count). The third-order valence-electron chi connectivity index (χ3n) is 7.35. The maximum atomic E-state index is 13.4. The van der Waals surface area contributed by atoms with Crippen molar-refractivity contribution in [1.82, 2.24) is 9.80 Å². The van der Waals surface area contributed by atoms with Crippen molar-refractivity contribution in [2.45, 2.75) is 19.6 Å². The van der Waals surface area contributed by atoms with Crippen LogP contribution in [-0.2, 0) is 20.9 Å². The quantitative estimate of drug-likeness (QED) is 0.245. The number of hydrogen-bond donors (Lipinski definition) is 1. The van der Waals surface area contributed by atoms with E-state index in [0.717, 1.165) is 29.8 Å². The molecule has 0 aliphatic carbocycles. The van der Waals surface area contributed by atoms with Crippen LogP contribution >= 0.6 is 0 Å². The molecular formula is C32H34N2O6. The summed E-state index contributed by atoms with van der Waals surface area (Å²) in [7, 11) is 1.58. The van der Waals surface area contributed by atoms with Crippen LogP contribution in [0.1, 0.15) is 28.3 Å². The van der Waals surface area contributed by atoms with Gasteiger partial charge in [-0.05, 0) is 54.4 Å². The van der Waals surface area contributed by atoms with E-state index in [1.165, 1.54) is 0 Å². The maximum absolute atomic E-state index is 13.4. The van der Waals surface area contributed by atoms with Crippen molar-refractivity contribution in [2.75, 3.05) is 46.5 Å². The number of benzene rings is 3. The molecule has 0 bridgehead atoms. The largest absolute Gasteiger partial charge is 0.507 e. The highest BCUT2D eigenvalue weighted by atomic mass is 16.5. The molecule has 0 radical (unpaired) electrons. The minimum absolute atomic E-state index is 0.0746. The van der Waals surface area contributed by atoms with E-state index in [1.807, 2.05) is 37.3 Å². The predicted molar refractivity (Wildman–Crippen MR) is 151 cm³/mol. The average Bonchev–Trinajstić information content (AvgIpc) is 3.24. The highest BCUT2D eigenvalue weighted by molar-refractivity contribution is 6.46. The standard InChI is InChI=1S/C32H34N2O6/c1-22-4-3-5-23(20-22)21-40-27-12-8-25(9-13-27)30(35)28-29(24-6-10-26(38-2)11-7-24)34(32(37)31(28)36)15-14-33-16-18-39-19-17-33/h3-13,20,29,35H,14-19,21H2,1-2H3/b30-28+. The Morgan fingerprint density at radius 2 is 1.65 bits per heavy atom. The minimum Gasteiger partial charge on any atom is -0.507 e. The zero-order chi connectivity index (χ0) is 28.1. The first kappa shape index (κ1) is 27.4. The SMILES string of the molecule is COc1ccc(C2/C(=C(\O)c3ccc(OCc4cccc(C)c4)cc3)C(=O)C(=O)N2CCN2CCOCC2)cc1. The van der Waals surface area contributed by atoms with Gasteiger partial charge >= 0.3 is 0 Å². The van der Waals surface area contributed by atoms with Crippen LogP contribution in [0.25, 0.3) is 5.76 Å². The predicted octanol–water partition coefficient (Wildman–Crippen LogP) is 4.34. The smallest absolute Gasteiger partial charge is 0.295 e. The van der Waals surface area contributed by atoms with E-state index in [1.54, 1.807) is 48.4 Å². The summed E-state index contributed by atoms with van der Waals surface area (Å²) < 4.78 is 16.6. The number of rotatable bonds is 9. The normalized spacial score (nSPS) is 19.1. The van der Waals surface area contributed by atoms with E-state index in [4.69, 9.17) is 14.2 Å². The number of aliphatic hydroxyl groups excluding tert-OH is 1. The van der Waals surface area contributed by atoms with E-state index in [2.05, 4.69) is 11.0 Å². The molecule has 8 heteroatoms. The van der Waals surface area contributed by atoms with Crippen LogP contribution in [0, 0.1) is 6.92 Å². The Morgan fingerprint density at radius 3 is 2.33 bits per heavy atom. The number of aryl methyl sites for hydroxylation is 1. The van der Waals surface area contributed by atoms with E-state index in [-0.39, 0.29) is 11.3 Å². The Hall–Kier alpha value is -4.14. The number of ketones is 1. The molecule has 2 saturated heterocycles. The Labute approximate surface area is 234 Å². The molecule has 1 amide bonds. The van der Waals surface area contributed by atoms with E-state index in [9.17, 15) is 14.7 Å². The van der Waals surface area contributed by atoms with Crippen LogP contribution in [0.2, 0.25) is 0 Å². The van der Waals surface area contributed by atoms with E-state index in [0.29, 0.717) is 50.0 Å². The molecule has 40 heavy (non-hydrogen) atoms. The second-order valence-electron chi connectivity index (χ2n) is 10.0. The fourth-order valence-corrected chi connectivity index (χ4v) is 5.15. The van der Waals surface area contributed by atoms with Gasteiger partial charge in [-0.15, -0.1) is 0 Å². The molecular weight excluding hydrogens is 508 g/mol. The molecule has 3 aromatic rings. The maximum Gasteiger partial charge on any atom is 0.295 e. The molecule has 1 unspecified atom stereocenters. The summed E-state index contributed by atoms with van der Waals surface area (Å²) >= 11 is 0. The van der Waals surface area contributed by atoms with Crippen molar-refractivity contribution >= 4 is 17.4 Å². The second kappa shape index (κ2) is 12.4. The Morgan fingerprint density at radius 1 is 0.950 bits per heavy atom. The van der Waals surface area contributed by atoms with E-state index >= 15 is 0 Å². The molecule has 8 nitrogen and oxygen atoms in total. The van der Waals surface area contributed by atoms with Crippen molar-refractivity contribution in [3.63, 3.8) is 0 Å². The van der Waals surface area contributed by atoms with Crippen LogP contribution in [0.15, 0.2) is 78.4 Å². The zero-order valence-corrected chi connectivity index (χ0v) is 22.8. The van der Waals surface area contributed by atoms with Gasteiger partial charge in [-0.2, -0.15) is 0 Å². The molecule has 2 heterocycles. The van der Waals surface area contributed by atoms with Gasteiger partial charge in [0.15, 0.2) is 0 Å². The molecule has 2 aliphatic rings. The van der Waals surface area contributed by atoms with Gasteiger partial charge in [0.1, 0.15) is 23.9 Å². The third-order valence-corrected chi connectivity index (χ3v) is 7.35. The molecule has 1 N–H and O–H groups in total. The molecule has 2 aliphatic heterocycles. The van der Waals surface area contributed by atoms with Crippen molar-refractivity contribution in [2.24, 2.45) is 0 Å². The number of methoxy groups -OCH3 is 1. The Kier molecular flexibility index (Phi) is 8.48. The number of carbonyl (C=O) groups excluding carboxylic acids is 2. The Bertz CT molecular complexity index is 1380. The summed E-state index contributed by atoms with van der Waals surface area (Å²) in [6.45, 7) is 6.24. The van der Waals surface area contributed by atoms with Crippen LogP contribution in [0.3, 0.4) is 0 Å². The molecule has 0 saturated carbocycles. The third kappa shape index (κ3) is 6.03. The van der Waals surface area contributed by atoms with Gasteiger partial charge in [0, 0.05) is 31.7 Å². The van der Waals surface area contributed by atoms with Gasteiger partial charge in [0.05, 0.1) is 31.9 Å². The number of hydrogen-bond acceptors (Lipinski definition) is 7. The lowest BCUT2D eigenvalue weighted by molar-refractivity contribution is -0.140. The molecule has 0 spiro atoms. The van der Waals surface area contributed by atoms with Gasteiger partial charge in [0.2, 0.25) is 0 Å². The molecule has 2 fully saturated rings. The monoisotopic (exact) mass is 542 g/mol. The lowest BCUT2D eigenvalue weighted by Crippen LogP contribution is -2.42. The fourth-order valence-electron chi connectivity index (χ4n) is 5.15. The number of amides is 1. The van der Waals surface area contributed by atoms with Crippen LogP contribution in [0.4, 0.5) is 0 Å². The van der Waals surface area contributed by atoms with Gasteiger partial charge in [0.25, 0.3) is 11.7 Å². The molecule has 1 atom stereocenters. The fraction of sp³-hybridized carbons (Fsp3) is 0.312. The lowest BCUT2D eigenvalue weighted by atomic mass is 9.95. The first-order valence-electron chi connectivity index (χ1n) is 13.5. The molecule has 0 aromatic heterocycles. The summed E-state index contributed by atoms with van der Waals surface area (Å²) in [6.07, 6.45) is 0. The van der Waals surface area contributed by atoms with Crippen molar-refractivity contribution in [1.29, 1.82) is 0 Å². The van der Waals surface area contributed by atoms with Crippen molar-refractivity contribution < 1.29 is 28.9 Å². The van der Waals surface area contributed by atoms with Crippen molar-refractivity contribution in [3.8, 4) is 11.5 Å². The summed E-state index contributed by atoms with van der Waals surface area (Å²) in [5.41, 5.74) is 3.46. The topological polar surface area (TPSA) is 88.5 Å². The highest BCUT2D eigenvalue weighted by Gasteiger charge is 2.46. The van der Waals surface area contributed by atoms with Gasteiger partial charge in [-0.3, -0.25) is 14.5 Å². The number of ether oxygens (including phenoxy) is 3. The highest BCUT2D eigenvalue weighted by Crippen LogP contribution is 2.40. The summed E-state index contributed by atoms with van der Waals surface area (Å²) in [6, 6.07) is 21.5. The number of aliphatic hydroxyl groups is 1. The van der Waals surface area contributed by atoms with Crippen LogP contribution < -0.4 is 9.47 Å². The Balaban J connectivity index is 1.41. The zero-order valence-electron chi connectivity index (χ0n) is 22.8. The van der Waals surface area contributed by atoms with Gasteiger partial charge < -0.3 is 24.2 Å². The average molecular weight is 543 g/mol. The molecule has 208 valence electrons. The van der Waals surface area contributed by atoms with Crippen LogP contribution in [0.5, 0.6) is 11.5 Å². The second-order valence-corrected chi connectivity index (χ2v) is 10.0. The van der Waals surface area contributed by atoms with Gasteiger partial charge in [-0.1, -0.05) is 42.0 Å². The number of nitrogens with zero attached hydrogens (tertiary/aromatic N) is 2. The van der Waals surface area contributed by atoms with Crippen molar-refractivity contribution in [3.05, 3.63) is 101 Å². The first-order valence-corrected chi connectivity index (χ1v) is 13.5. The number of morpholine rings is 1. The van der Waals surface area contributed by atoms with Crippen LogP contribution in [-0.4, -0.2) is 73.1 Å². The number of carbonyl (C=O) groups is 2.